The number of methoxy groups -OCH3 is 1. The van der Waals surface area contributed by atoms with Crippen LogP contribution in [0.25, 0.3) is 0 Å². The van der Waals surface area contributed by atoms with Crippen LogP contribution >= 0.6 is 11.6 Å². The van der Waals surface area contributed by atoms with Gasteiger partial charge in [0.05, 0.1) is 7.11 Å². The standard InChI is InChI=1S/C15H11ClO5/c1-18-14(17)15-20-12-7-6-11(8-13(12)21-15)19-10-4-2-9(16)3-5-10/h2-8,15H,1H3/t15-/m0/s1. The van der Waals surface area contributed by atoms with Crippen LogP contribution in [0.3, 0.4) is 0 Å². The van der Waals surface area contributed by atoms with E-state index in [1.165, 1.54) is 7.11 Å². The molecule has 2 aromatic rings. The van der Waals surface area contributed by atoms with Gasteiger partial charge in [0.2, 0.25) is 0 Å². The van der Waals surface area contributed by atoms with E-state index in [9.17, 15) is 4.79 Å². The van der Waals surface area contributed by atoms with Crippen molar-refractivity contribution in [2.24, 2.45) is 0 Å². The average molecular weight is 307 g/mol. The Hall–Kier alpha value is -2.40. The lowest BCUT2D eigenvalue weighted by Crippen LogP contribution is -2.30. The monoisotopic (exact) mass is 306 g/mol. The second kappa shape index (κ2) is 5.54. The van der Waals surface area contributed by atoms with Crippen molar-refractivity contribution in [3.05, 3.63) is 47.5 Å². The topological polar surface area (TPSA) is 54.0 Å². The average Bonchev–Trinajstić information content (AvgIpc) is 2.92. The molecule has 0 amide bonds. The van der Waals surface area contributed by atoms with Gasteiger partial charge in [-0.3, -0.25) is 0 Å². The zero-order chi connectivity index (χ0) is 14.8. The molecular weight excluding hydrogens is 296 g/mol. The van der Waals surface area contributed by atoms with E-state index >= 15 is 0 Å². The van der Waals surface area contributed by atoms with E-state index in [1.807, 2.05) is 0 Å². The highest BCUT2D eigenvalue weighted by Crippen LogP contribution is 2.39. The summed E-state index contributed by atoms with van der Waals surface area (Å²) in [6, 6.07) is 12.0. The van der Waals surface area contributed by atoms with Crippen LogP contribution in [0.1, 0.15) is 0 Å². The predicted octanol–water partition coefficient (Wildman–Crippen LogP) is 3.40. The minimum atomic E-state index is -1.07. The predicted molar refractivity (Wildman–Crippen MR) is 75.0 cm³/mol. The molecule has 0 N–H and O–H groups in total. The summed E-state index contributed by atoms with van der Waals surface area (Å²) >= 11 is 5.81. The molecule has 0 spiro atoms. The molecule has 1 aliphatic rings. The summed E-state index contributed by atoms with van der Waals surface area (Å²) in [6.45, 7) is 0. The first-order valence-electron chi connectivity index (χ1n) is 6.14. The van der Waals surface area contributed by atoms with E-state index in [-0.39, 0.29) is 0 Å². The molecule has 21 heavy (non-hydrogen) atoms. The maximum atomic E-state index is 11.4. The third-order valence-electron chi connectivity index (χ3n) is 2.83. The van der Waals surface area contributed by atoms with Gasteiger partial charge in [-0.2, -0.15) is 0 Å². The lowest BCUT2D eigenvalue weighted by atomic mass is 10.3. The number of hydrogen-bond donors (Lipinski definition) is 0. The minimum absolute atomic E-state index is 0.428. The fourth-order valence-electron chi connectivity index (χ4n) is 1.83. The van der Waals surface area contributed by atoms with Crippen molar-refractivity contribution in [1.82, 2.24) is 0 Å². The van der Waals surface area contributed by atoms with Crippen molar-refractivity contribution in [3.63, 3.8) is 0 Å². The Labute approximate surface area is 125 Å². The number of rotatable bonds is 3. The molecule has 0 saturated heterocycles. The highest BCUT2D eigenvalue weighted by Gasteiger charge is 2.31. The summed E-state index contributed by atoms with van der Waals surface area (Å²) in [5.41, 5.74) is 0. The number of esters is 1. The smallest absolute Gasteiger partial charge is 0.389 e. The van der Waals surface area contributed by atoms with Crippen molar-refractivity contribution < 1.29 is 23.7 Å². The lowest BCUT2D eigenvalue weighted by Gasteiger charge is -2.06. The summed E-state index contributed by atoms with van der Waals surface area (Å²) in [4.78, 5) is 11.4. The SMILES string of the molecule is COC(=O)[C@H]1Oc2ccc(Oc3ccc(Cl)cc3)cc2O1. The van der Waals surface area contributed by atoms with Crippen molar-refractivity contribution in [1.29, 1.82) is 0 Å². The van der Waals surface area contributed by atoms with E-state index in [4.69, 9.17) is 25.8 Å². The van der Waals surface area contributed by atoms with Gasteiger partial charge in [0.1, 0.15) is 11.5 Å². The third-order valence-corrected chi connectivity index (χ3v) is 3.08. The molecule has 0 fully saturated rings. The second-order valence-electron chi connectivity index (χ2n) is 4.26. The first kappa shape index (κ1) is 13.6. The van der Waals surface area contributed by atoms with Crippen molar-refractivity contribution in [2.45, 2.75) is 6.29 Å². The van der Waals surface area contributed by atoms with Crippen LogP contribution in [0, 0.1) is 0 Å². The number of benzene rings is 2. The Morgan fingerprint density at radius 3 is 2.43 bits per heavy atom. The number of hydrogen-bond acceptors (Lipinski definition) is 5. The molecule has 6 heteroatoms. The highest BCUT2D eigenvalue weighted by molar-refractivity contribution is 6.30. The van der Waals surface area contributed by atoms with Crippen molar-refractivity contribution in [3.8, 4) is 23.0 Å². The van der Waals surface area contributed by atoms with Crippen LogP contribution < -0.4 is 14.2 Å². The van der Waals surface area contributed by atoms with Gasteiger partial charge >= 0.3 is 12.3 Å². The van der Waals surface area contributed by atoms with E-state index in [2.05, 4.69) is 4.74 Å². The Morgan fingerprint density at radius 2 is 1.71 bits per heavy atom. The molecule has 0 aromatic heterocycles. The first-order chi connectivity index (χ1) is 10.2. The Balaban J connectivity index is 1.76. The molecule has 0 radical (unpaired) electrons. The zero-order valence-electron chi connectivity index (χ0n) is 11.0. The van der Waals surface area contributed by atoms with Crippen LogP contribution in [0.4, 0.5) is 0 Å². The molecule has 5 nitrogen and oxygen atoms in total. The summed E-state index contributed by atoms with van der Waals surface area (Å²) in [5.74, 6) is 1.50. The van der Waals surface area contributed by atoms with Crippen LogP contribution in [0.5, 0.6) is 23.0 Å². The molecule has 0 saturated carbocycles. The molecule has 2 aromatic carbocycles. The van der Waals surface area contributed by atoms with Gasteiger partial charge in [0, 0.05) is 11.1 Å². The fourth-order valence-corrected chi connectivity index (χ4v) is 1.95. The zero-order valence-corrected chi connectivity index (χ0v) is 11.8. The van der Waals surface area contributed by atoms with E-state index in [1.54, 1.807) is 42.5 Å². The van der Waals surface area contributed by atoms with E-state index in [0.29, 0.717) is 28.0 Å². The number of halogens is 1. The Bertz CT molecular complexity index is 668. The van der Waals surface area contributed by atoms with E-state index < -0.39 is 12.3 Å². The van der Waals surface area contributed by atoms with Gasteiger partial charge in [-0.25, -0.2) is 4.79 Å². The number of ether oxygens (including phenoxy) is 4. The molecule has 1 aliphatic heterocycles. The number of fused-ring (bicyclic) bond motifs is 1. The first-order valence-corrected chi connectivity index (χ1v) is 6.52. The summed E-state index contributed by atoms with van der Waals surface area (Å²) in [6.07, 6.45) is -1.07. The molecule has 0 unspecified atom stereocenters. The molecule has 0 aliphatic carbocycles. The molecule has 1 heterocycles. The molecule has 0 bridgehead atoms. The van der Waals surface area contributed by atoms with E-state index in [0.717, 1.165) is 0 Å². The summed E-state index contributed by atoms with van der Waals surface area (Å²) in [5, 5.41) is 0.633. The quantitative estimate of drug-likeness (QED) is 0.813. The molecular formula is C15H11ClO5. The lowest BCUT2D eigenvalue weighted by molar-refractivity contribution is -0.158. The van der Waals surface area contributed by atoms with Crippen LogP contribution in [0.2, 0.25) is 5.02 Å². The van der Waals surface area contributed by atoms with Gasteiger partial charge in [-0.1, -0.05) is 11.6 Å². The van der Waals surface area contributed by atoms with Gasteiger partial charge < -0.3 is 18.9 Å². The van der Waals surface area contributed by atoms with Gasteiger partial charge in [-0.05, 0) is 36.4 Å². The minimum Gasteiger partial charge on any atom is -0.463 e. The van der Waals surface area contributed by atoms with Crippen LogP contribution in [0.15, 0.2) is 42.5 Å². The van der Waals surface area contributed by atoms with Gasteiger partial charge in [0.15, 0.2) is 11.5 Å². The highest BCUT2D eigenvalue weighted by atomic mass is 35.5. The Kier molecular flexibility index (Phi) is 3.58. The van der Waals surface area contributed by atoms with Gasteiger partial charge in [0.25, 0.3) is 0 Å². The number of carbonyl (C=O) groups is 1. The third kappa shape index (κ3) is 2.87. The summed E-state index contributed by atoms with van der Waals surface area (Å²) < 4.78 is 20.9. The summed E-state index contributed by atoms with van der Waals surface area (Å²) in [7, 11) is 1.27. The second-order valence-corrected chi connectivity index (χ2v) is 4.69. The molecule has 3 rings (SSSR count). The maximum Gasteiger partial charge on any atom is 0.389 e. The van der Waals surface area contributed by atoms with Gasteiger partial charge in [-0.15, -0.1) is 0 Å². The number of carbonyl (C=O) groups excluding carboxylic acids is 1. The molecule has 1 atom stereocenters. The van der Waals surface area contributed by atoms with Crippen molar-refractivity contribution >= 4 is 17.6 Å². The van der Waals surface area contributed by atoms with Crippen LogP contribution in [-0.4, -0.2) is 19.4 Å². The normalized spacial score (nSPS) is 15.6. The Morgan fingerprint density at radius 1 is 1.05 bits per heavy atom. The van der Waals surface area contributed by atoms with Crippen LogP contribution in [-0.2, 0) is 9.53 Å². The largest absolute Gasteiger partial charge is 0.463 e. The molecule has 108 valence electrons. The maximum absolute atomic E-state index is 11.4. The van der Waals surface area contributed by atoms with Crippen molar-refractivity contribution in [2.75, 3.05) is 7.11 Å². The fraction of sp³-hybridized carbons (Fsp3) is 0.133.